The van der Waals surface area contributed by atoms with E-state index < -0.39 is 0 Å². The number of hydrogen-bond acceptors (Lipinski definition) is 6. The molecular weight excluding hydrogens is 210 g/mol. The van der Waals surface area contributed by atoms with Crippen molar-refractivity contribution in [3.05, 3.63) is 24.6 Å². The molecule has 0 fully saturated rings. The van der Waals surface area contributed by atoms with Gasteiger partial charge in [0.15, 0.2) is 5.76 Å². The fraction of sp³-hybridized carbons (Fsp3) is 0. The van der Waals surface area contributed by atoms with Gasteiger partial charge in [0.25, 0.3) is 5.89 Å². The van der Waals surface area contributed by atoms with E-state index in [1.807, 2.05) is 0 Å². The van der Waals surface area contributed by atoms with Crippen LogP contribution < -0.4 is 5.73 Å². The van der Waals surface area contributed by atoms with Gasteiger partial charge in [0, 0.05) is 0 Å². The number of aromatic amines is 1. The molecule has 0 atom stereocenters. The van der Waals surface area contributed by atoms with Crippen LogP contribution in [0, 0.1) is 0 Å². The second kappa shape index (κ2) is 3.23. The standard InChI is InChI=1S/C9H7N5O2/c10-7-5(4-11-13-7)9-12-8(14-16-9)6-2-1-3-15-6/h1-4H,(H3,10,11,13). The van der Waals surface area contributed by atoms with E-state index in [2.05, 4.69) is 20.3 Å². The molecule has 0 aliphatic rings. The van der Waals surface area contributed by atoms with E-state index in [-0.39, 0.29) is 0 Å². The molecule has 3 aromatic heterocycles. The maximum absolute atomic E-state index is 5.63. The molecular formula is C9H7N5O2. The number of H-pyrrole nitrogens is 1. The van der Waals surface area contributed by atoms with Gasteiger partial charge in [-0.15, -0.1) is 0 Å². The van der Waals surface area contributed by atoms with Crippen LogP contribution in [-0.4, -0.2) is 20.3 Å². The minimum absolute atomic E-state index is 0.303. The highest BCUT2D eigenvalue weighted by Crippen LogP contribution is 2.24. The monoisotopic (exact) mass is 217 g/mol. The van der Waals surface area contributed by atoms with E-state index in [1.54, 1.807) is 12.1 Å². The topological polar surface area (TPSA) is 107 Å². The molecule has 0 radical (unpaired) electrons. The first kappa shape index (κ1) is 8.72. The van der Waals surface area contributed by atoms with Crippen molar-refractivity contribution < 1.29 is 8.94 Å². The number of nitrogens with zero attached hydrogens (tertiary/aromatic N) is 3. The summed E-state index contributed by atoms with van der Waals surface area (Å²) >= 11 is 0. The molecule has 7 heteroatoms. The zero-order valence-electron chi connectivity index (χ0n) is 8.04. The Bertz CT molecular complexity index is 595. The second-order valence-electron chi connectivity index (χ2n) is 3.10. The van der Waals surface area contributed by atoms with E-state index in [1.165, 1.54) is 12.5 Å². The zero-order chi connectivity index (χ0) is 11.0. The van der Waals surface area contributed by atoms with Crippen LogP contribution in [0.4, 0.5) is 5.82 Å². The zero-order valence-corrected chi connectivity index (χ0v) is 8.04. The van der Waals surface area contributed by atoms with Crippen molar-refractivity contribution in [3.63, 3.8) is 0 Å². The number of anilines is 1. The van der Waals surface area contributed by atoms with Crippen molar-refractivity contribution in [1.29, 1.82) is 0 Å². The van der Waals surface area contributed by atoms with Crippen LogP contribution in [0.15, 0.2) is 33.5 Å². The molecule has 0 spiro atoms. The van der Waals surface area contributed by atoms with Gasteiger partial charge in [0.1, 0.15) is 11.4 Å². The van der Waals surface area contributed by atoms with Crippen molar-refractivity contribution in [2.75, 3.05) is 5.73 Å². The highest BCUT2D eigenvalue weighted by molar-refractivity contribution is 5.66. The smallest absolute Gasteiger partial charge is 0.263 e. The predicted molar refractivity (Wildman–Crippen MR) is 54.0 cm³/mol. The summed E-state index contributed by atoms with van der Waals surface area (Å²) in [6.07, 6.45) is 3.06. The van der Waals surface area contributed by atoms with Crippen LogP contribution >= 0.6 is 0 Å². The van der Waals surface area contributed by atoms with Crippen LogP contribution in [0.5, 0.6) is 0 Å². The lowest BCUT2D eigenvalue weighted by atomic mass is 10.3. The van der Waals surface area contributed by atoms with Gasteiger partial charge in [-0.2, -0.15) is 10.1 Å². The molecule has 3 N–H and O–H groups in total. The Morgan fingerprint density at radius 1 is 1.38 bits per heavy atom. The van der Waals surface area contributed by atoms with Gasteiger partial charge < -0.3 is 14.7 Å². The quantitative estimate of drug-likeness (QED) is 0.669. The normalized spacial score (nSPS) is 10.8. The Balaban J connectivity index is 2.03. The lowest BCUT2D eigenvalue weighted by Crippen LogP contribution is -1.87. The highest BCUT2D eigenvalue weighted by atomic mass is 16.5. The Labute approximate surface area is 89.3 Å². The number of rotatable bonds is 2. The van der Waals surface area contributed by atoms with E-state index >= 15 is 0 Å². The molecule has 80 valence electrons. The third-order valence-corrected chi connectivity index (χ3v) is 2.07. The van der Waals surface area contributed by atoms with Crippen LogP contribution in [0.25, 0.3) is 23.0 Å². The van der Waals surface area contributed by atoms with Crippen molar-refractivity contribution in [3.8, 4) is 23.0 Å². The van der Waals surface area contributed by atoms with Gasteiger partial charge in [-0.05, 0) is 12.1 Å². The van der Waals surface area contributed by atoms with Gasteiger partial charge in [-0.25, -0.2) is 0 Å². The summed E-state index contributed by atoms with van der Waals surface area (Å²) < 4.78 is 10.2. The summed E-state index contributed by atoms with van der Waals surface area (Å²) in [5.74, 6) is 1.60. The Morgan fingerprint density at radius 2 is 2.31 bits per heavy atom. The Hall–Kier alpha value is -2.57. The van der Waals surface area contributed by atoms with E-state index in [0.29, 0.717) is 28.9 Å². The maximum Gasteiger partial charge on any atom is 0.263 e. The molecule has 0 aliphatic heterocycles. The Kier molecular flexibility index (Phi) is 1.76. The number of nitrogens with two attached hydrogens (primary N) is 1. The molecule has 0 bridgehead atoms. The molecule has 0 aliphatic carbocycles. The summed E-state index contributed by atoms with van der Waals surface area (Å²) in [6, 6.07) is 3.49. The molecule has 0 saturated heterocycles. The van der Waals surface area contributed by atoms with Crippen LogP contribution in [0.2, 0.25) is 0 Å². The summed E-state index contributed by atoms with van der Waals surface area (Å²) in [4.78, 5) is 4.14. The van der Waals surface area contributed by atoms with Crippen molar-refractivity contribution in [1.82, 2.24) is 20.3 Å². The first-order valence-corrected chi connectivity index (χ1v) is 4.51. The largest absolute Gasteiger partial charge is 0.461 e. The highest BCUT2D eigenvalue weighted by Gasteiger charge is 2.15. The number of hydrogen-bond donors (Lipinski definition) is 2. The Morgan fingerprint density at radius 3 is 3.00 bits per heavy atom. The molecule has 7 nitrogen and oxygen atoms in total. The third kappa shape index (κ3) is 1.26. The lowest BCUT2D eigenvalue weighted by molar-refractivity contribution is 0.429. The molecule has 0 unspecified atom stereocenters. The second-order valence-corrected chi connectivity index (χ2v) is 3.10. The fourth-order valence-corrected chi connectivity index (χ4v) is 1.31. The molecule has 0 amide bonds. The van der Waals surface area contributed by atoms with Crippen molar-refractivity contribution in [2.24, 2.45) is 0 Å². The van der Waals surface area contributed by atoms with Gasteiger partial charge in [0.2, 0.25) is 5.82 Å². The fourth-order valence-electron chi connectivity index (χ4n) is 1.31. The summed E-state index contributed by atoms with van der Waals surface area (Å²) in [5.41, 5.74) is 6.21. The number of furan rings is 1. The SMILES string of the molecule is Nc1[nH]ncc1-c1nc(-c2ccco2)no1. The average molecular weight is 217 g/mol. The third-order valence-electron chi connectivity index (χ3n) is 2.07. The first-order chi connectivity index (χ1) is 7.84. The number of nitrogens with one attached hydrogen (secondary N) is 1. The first-order valence-electron chi connectivity index (χ1n) is 4.51. The average Bonchev–Trinajstić information content (AvgIpc) is 2.96. The summed E-state index contributed by atoms with van der Waals surface area (Å²) in [6.45, 7) is 0. The van der Waals surface area contributed by atoms with Crippen molar-refractivity contribution >= 4 is 5.82 Å². The number of aromatic nitrogens is 4. The van der Waals surface area contributed by atoms with Gasteiger partial charge in [-0.3, -0.25) is 5.10 Å². The van der Waals surface area contributed by atoms with Crippen LogP contribution in [0.1, 0.15) is 0 Å². The molecule has 3 heterocycles. The van der Waals surface area contributed by atoms with Gasteiger partial charge >= 0.3 is 0 Å². The van der Waals surface area contributed by atoms with Gasteiger partial charge in [-0.1, -0.05) is 5.16 Å². The molecule has 0 aromatic carbocycles. The van der Waals surface area contributed by atoms with E-state index in [0.717, 1.165) is 0 Å². The molecule has 3 aromatic rings. The lowest BCUT2D eigenvalue weighted by Gasteiger charge is -1.87. The molecule has 16 heavy (non-hydrogen) atoms. The summed E-state index contributed by atoms with van der Waals surface area (Å²) in [7, 11) is 0. The molecule has 3 rings (SSSR count). The maximum atomic E-state index is 5.63. The predicted octanol–water partition coefficient (Wildman–Crippen LogP) is 1.30. The molecule has 0 saturated carbocycles. The van der Waals surface area contributed by atoms with E-state index in [9.17, 15) is 0 Å². The van der Waals surface area contributed by atoms with Crippen molar-refractivity contribution in [2.45, 2.75) is 0 Å². The number of nitrogen functional groups attached to an aromatic ring is 1. The summed E-state index contributed by atoms with van der Waals surface area (Å²) in [5, 5.41) is 10.1. The minimum atomic E-state index is 0.303. The minimum Gasteiger partial charge on any atom is -0.461 e. The van der Waals surface area contributed by atoms with Crippen LogP contribution in [-0.2, 0) is 0 Å². The van der Waals surface area contributed by atoms with Gasteiger partial charge in [0.05, 0.1) is 12.5 Å². The van der Waals surface area contributed by atoms with Crippen LogP contribution in [0.3, 0.4) is 0 Å². The van der Waals surface area contributed by atoms with E-state index in [4.69, 9.17) is 14.7 Å².